The standard InChI is InChI=1S/C30H29FN2O5/c1-19(2)30(35)33-14-13-20-7-10-23(16-26(20)28(33)21-5-8-22(31)9-6-21)37-18-25-11-12-27(38-25)29(34)32-17-24-4-3-15-36-24/h3-12,15-16,19,28H,13-14,17-18H2,1-2H3,(H,32,34)/t28-/m0/s1. The molecule has 0 spiro atoms. The average molecular weight is 517 g/mol. The topological polar surface area (TPSA) is 84.9 Å². The van der Waals surface area contributed by atoms with Crippen molar-refractivity contribution in [1.29, 1.82) is 0 Å². The third-order valence-electron chi connectivity index (χ3n) is 6.58. The van der Waals surface area contributed by atoms with Gasteiger partial charge in [0.1, 0.15) is 29.7 Å². The summed E-state index contributed by atoms with van der Waals surface area (Å²) >= 11 is 0. The Labute approximate surface area is 220 Å². The summed E-state index contributed by atoms with van der Waals surface area (Å²) < 4.78 is 30.6. The normalized spacial score (nSPS) is 14.8. The molecule has 196 valence electrons. The highest BCUT2D eigenvalue weighted by Crippen LogP contribution is 2.38. The second-order valence-electron chi connectivity index (χ2n) is 9.57. The highest BCUT2D eigenvalue weighted by Gasteiger charge is 2.33. The van der Waals surface area contributed by atoms with Gasteiger partial charge in [-0.25, -0.2) is 4.39 Å². The minimum Gasteiger partial charge on any atom is -0.486 e. The van der Waals surface area contributed by atoms with Crippen molar-refractivity contribution in [1.82, 2.24) is 10.2 Å². The largest absolute Gasteiger partial charge is 0.486 e. The van der Waals surface area contributed by atoms with E-state index >= 15 is 0 Å². The van der Waals surface area contributed by atoms with Gasteiger partial charge < -0.3 is 23.8 Å². The van der Waals surface area contributed by atoms with E-state index in [9.17, 15) is 14.0 Å². The molecule has 2 aromatic carbocycles. The molecule has 0 bridgehead atoms. The molecular formula is C30H29FN2O5. The van der Waals surface area contributed by atoms with Crippen LogP contribution in [0.3, 0.4) is 0 Å². The number of hydrogen-bond acceptors (Lipinski definition) is 5. The van der Waals surface area contributed by atoms with Gasteiger partial charge in [0.15, 0.2) is 5.76 Å². The summed E-state index contributed by atoms with van der Waals surface area (Å²) in [6.07, 6.45) is 2.27. The van der Waals surface area contributed by atoms with Crippen molar-refractivity contribution in [3.05, 3.63) is 113 Å². The molecule has 0 saturated carbocycles. The average Bonchev–Trinajstić information content (AvgIpc) is 3.62. The van der Waals surface area contributed by atoms with E-state index in [0.29, 0.717) is 23.8 Å². The van der Waals surface area contributed by atoms with E-state index in [4.69, 9.17) is 13.6 Å². The summed E-state index contributed by atoms with van der Waals surface area (Å²) in [6.45, 7) is 4.74. The maximum Gasteiger partial charge on any atom is 0.287 e. The van der Waals surface area contributed by atoms with Crippen molar-refractivity contribution in [2.45, 2.75) is 39.5 Å². The van der Waals surface area contributed by atoms with Crippen LogP contribution in [0.2, 0.25) is 0 Å². The predicted octanol–water partition coefficient (Wildman–Crippen LogP) is 5.65. The van der Waals surface area contributed by atoms with Crippen molar-refractivity contribution < 1.29 is 27.6 Å². The van der Waals surface area contributed by atoms with Crippen LogP contribution in [0.15, 0.2) is 81.8 Å². The van der Waals surface area contributed by atoms with Crippen molar-refractivity contribution >= 4 is 11.8 Å². The zero-order valence-corrected chi connectivity index (χ0v) is 21.3. The summed E-state index contributed by atoms with van der Waals surface area (Å²) in [7, 11) is 0. The molecule has 1 N–H and O–H groups in total. The minimum absolute atomic E-state index is 0.0461. The first kappa shape index (κ1) is 25.3. The second kappa shape index (κ2) is 11.0. The number of ether oxygens (including phenoxy) is 1. The first-order valence-electron chi connectivity index (χ1n) is 12.6. The summed E-state index contributed by atoms with van der Waals surface area (Å²) in [4.78, 5) is 27.3. The molecule has 2 aromatic heterocycles. The number of benzene rings is 2. The van der Waals surface area contributed by atoms with Crippen molar-refractivity contribution in [2.24, 2.45) is 5.92 Å². The lowest BCUT2D eigenvalue weighted by atomic mass is 9.87. The van der Waals surface area contributed by atoms with E-state index in [1.165, 1.54) is 12.1 Å². The van der Waals surface area contributed by atoms with Gasteiger partial charge in [-0.15, -0.1) is 0 Å². The molecule has 8 heteroatoms. The number of carbonyl (C=O) groups is 2. The lowest BCUT2D eigenvalue weighted by molar-refractivity contribution is -0.136. The van der Waals surface area contributed by atoms with E-state index in [-0.39, 0.29) is 48.5 Å². The van der Waals surface area contributed by atoms with Crippen LogP contribution in [0.4, 0.5) is 4.39 Å². The number of hydrogen-bond donors (Lipinski definition) is 1. The van der Waals surface area contributed by atoms with E-state index in [0.717, 1.165) is 23.1 Å². The van der Waals surface area contributed by atoms with Gasteiger partial charge in [-0.1, -0.05) is 32.0 Å². The van der Waals surface area contributed by atoms with Crippen LogP contribution < -0.4 is 10.1 Å². The molecular weight excluding hydrogens is 487 g/mol. The monoisotopic (exact) mass is 516 g/mol. The van der Waals surface area contributed by atoms with E-state index < -0.39 is 0 Å². The van der Waals surface area contributed by atoms with Crippen LogP contribution >= 0.6 is 0 Å². The Balaban J connectivity index is 1.32. The van der Waals surface area contributed by atoms with Crippen LogP contribution in [-0.4, -0.2) is 23.3 Å². The Bertz CT molecular complexity index is 1410. The van der Waals surface area contributed by atoms with Crippen LogP contribution in [0, 0.1) is 11.7 Å². The maximum absolute atomic E-state index is 13.7. The number of carbonyl (C=O) groups excluding carboxylic acids is 2. The number of rotatable bonds is 8. The second-order valence-corrected chi connectivity index (χ2v) is 9.57. The number of nitrogens with zero attached hydrogens (tertiary/aromatic N) is 1. The molecule has 0 saturated heterocycles. The molecule has 0 aliphatic carbocycles. The lowest BCUT2D eigenvalue weighted by Gasteiger charge is -2.39. The van der Waals surface area contributed by atoms with Crippen LogP contribution in [-0.2, 0) is 24.4 Å². The number of nitrogens with one attached hydrogen (secondary N) is 1. The number of fused-ring (bicyclic) bond motifs is 1. The van der Waals surface area contributed by atoms with Crippen LogP contribution in [0.1, 0.15) is 58.7 Å². The molecule has 1 aliphatic heterocycles. The fourth-order valence-corrected chi connectivity index (χ4v) is 4.66. The quantitative estimate of drug-likeness (QED) is 0.327. The van der Waals surface area contributed by atoms with Crippen molar-refractivity contribution in [2.75, 3.05) is 6.54 Å². The molecule has 4 aromatic rings. The lowest BCUT2D eigenvalue weighted by Crippen LogP contribution is -2.42. The first-order chi connectivity index (χ1) is 18.4. The predicted molar refractivity (Wildman–Crippen MR) is 138 cm³/mol. The van der Waals surface area contributed by atoms with Gasteiger partial charge in [-0.3, -0.25) is 9.59 Å². The first-order valence-corrected chi connectivity index (χ1v) is 12.6. The van der Waals surface area contributed by atoms with Gasteiger partial charge in [-0.2, -0.15) is 0 Å². The Kier molecular flexibility index (Phi) is 7.31. The Morgan fingerprint density at radius 3 is 2.63 bits per heavy atom. The molecule has 0 fully saturated rings. The summed E-state index contributed by atoms with van der Waals surface area (Å²) in [5.41, 5.74) is 2.91. The van der Waals surface area contributed by atoms with Crippen molar-refractivity contribution in [3.63, 3.8) is 0 Å². The highest BCUT2D eigenvalue weighted by atomic mass is 19.1. The molecule has 1 aliphatic rings. The third-order valence-corrected chi connectivity index (χ3v) is 6.58. The van der Waals surface area contributed by atoms with E-state index in [1.807, 2.05) is 36.9 Å². The molecule has 5 rings (SSSR count). The van der Waals surface area contributed by atoms with E-state index in [2.05, 4.69) is 5.32 Å². The van der Waals surface area contributed by atoms with Gasteiger partial charge in [0.25, 0.3) is 5.91 Å². The molecule has 2 amide bonds. The highest BCUT2D eigenvalue weighted by molar-refractivity contribution is 5.91. The fraction of sp³-hybridized carbons (Fsp3) is 0.267. The zero-order chi connectivity index (χ0) is 26.6. The van der Waals surface area contributed by atoms with Crippen molar-refractivity contribution in [3.8, 4) is 5.75 Å². The molecule has 7 nitrogen and oxygen atoms in total. The Morgan fingerprint density at radius 2 is 1.89 bits per heavy atom. The number of halogens is 1. The van der Waals surface area contributed by atoms with Gasteiger partial charge in [0.2, 0.25) is 5.91 Å². The number of amides is 2. The van der Waals surface area contributed by atoms with Gasteiger partial charge in [0, 0.05) is 12.5 Å². The molecule has 1 atom stereocenters. The number of furan rings is 2. The van der Waals surface area contributed by atoms with E-state index in [1.54, 1.807) is 42.7 Å². The third kappa shape index (κ3) is 5.49. The smallest absolute Gasteiger partial charge is 0.287 e. The van der Waals surface area contributed by atoms with Crippen LogP contribution in [0.5, 0.6) is 5.75 Å². The SMILES string of the molecule is CC(C)C(=O)N1CCc2ccc(OCc3ccc(C(=O)NCc4ccco4)o3)cc2[C@@H]1c1ccc(F)cc1. The Hall–Kier alpha value is -4.33. The molecule has 0 radical (unpaired) electrons. The molecule has 3 heterocycles. The molecule has 38 heavy (non-hydrogen) atoms. The zero-order valence-electron chi connectivity index (χ0n) is 21.3. The van der Waals surface area contributed by atoms with Gasteiger partial charge in [0.05, 0.1) is 18.8 Å². The maximum atomic E-state index is 13.7. The summed E-state index contributed by atoms with van der Waals surface area (Å²) in [5.74, 6) is 1.14. The van der Waals surface area contributed by atoms with Crippen LogP contribution in [0.25, 0.3) is 0 Å². The summed E-state index contributed by atoms with van der Waals surface area (Å²) in [6, 6.07) is 18.6. The minimum atomic E-state index is -0.349. The Morgan fingerprint density at radius 1 is 1.08 bits per heavy atom. The fourth-order valence-electron chi connectivity index (χ4n) is 4.66. The van der Waals surface area contributed by atoms with Gasteiger partial charge in [-0.05, 0) is 71.6 Å². The summed E-state index contributed by atoms with van der Waals surface area (Å²) in [5, 5.41) is 2.74. The molecule has 0 unspecified atom stereocenters. The van der Waals surface area contributed by atoms with Gasteiger partial charge >= 0.3 is 0 Å².